The van der Waals surface area contributed by atoms with Crippen LogP contribution in [-0.4, -0.2) is 36.6 Å². The van der Waals surface area contributed by atoms with E-state index in [1.54, 1.807) is 47.0 Å². The van der Waals surface area contributed by atoms with Crippen LogP contribution in [0.4, 0.5) is 5.69 Å². The van der Waals surface area contributed by atoms with E-state index in [4.69, 9.17) is 0 Å². The van der Waals surface area contributed by atoms with Crippen LogP contribution >= 0.6 is 27.7 Å². The van der Waals surface area contributed by atoms with Crippen LogP contribution < -0.4 is 5.32 Å². The lowest BCUT2D eigenvalue weighted by atomic mass is 10.2. The van der Waals surface area contributed by atoms with Gasteiger partial charge in [-0.3, -0.25) is 9.36 Å². The molecule has 0 aliphatic heterocycles. The summed E-state index contributed by atoms with van der Waals surface area (Å²) in [5.41, 5.74) is 0.870. The number of phenols is 2. The highest BCUT2D eigenvalue weighted by atomic mass is 79.9. The number of carbonyl (C=O) groups is 1. The highest BCUT2D eigenvalue weighted by Gasteiger charge is 2.18. The van der Waals surface area contributed by atoms with E-state index in [0.29, 0.717) is 28.8 Å². The predicted molar refractivity (Wildman–Crippen MR) is 112 cm³/mol. The molecular formula is C19H17BrN4O3S. The Labute approximate surface area is 174 Å². The van der Waals surface area contributed by atoms with E-state index in [1.807, 2.05) is 0 Å². The molecule has 28 heavy (non-hydrogen) atoms. The van der Waals surface area contributed by atoms with Gasteiger partial charge in [-0.15, -0.1) is 16.8 Å². The lowest BCUT2D eigenvalue weighted by Crippen LogP contribution is -2.14. The number of benzene rings is 2. The molecule has 3 aromatic rings. The molecule has 2 aromatic carbocycles. The number of hydrogen-bond donors (Lipinski definition) is 3. The Morgan fingerprint density at radius 1 is 1.21 bits per heavy atom. The average molecular weight is 461 g/mol. The van der Waals surface area contributed by atoms with Crippen LogP contribution in [0.3, 0.4) is 0 Å². The Morgan fingerprint density at radius 3 is 2.75 bits per heavy atom. The number of nitrogens with zero attached hydrogens (tertiary/aromatic N) is 3. The fourth-order valence-corrected chi connectivity index (χ4v) is 3.58. The largest absolute Gasteiger partial charge is 0.507 e. The zero-order valence-corrected chi connectivity index (χ0v) is 17.1. The first kappa shape index (κ1) is 20.0. The molecule has 0 aliphatic rings. The number of nitrogens with one attached hydrogen (secondary N) is 1. The summed E-state index contributed by atoms with van der Waals surface area (Å²) in [4.78, 5) is 12.2. The van der Waals surface area contributed by atoms with Crippen molar-refractivity contribution in [1.29, 1.82) is 0 Å². The van der Waals surface area contributed by atoms with E-state index in [2.05, 4.69) is 38.0 Å². The van der Waals surface area contributed by atoms with Gasteiger partial charge >= 0.3 is 0 Å². The van der Waals surface area contributed by atoms with Gasteiger partial charge in [-0.25, -0.2) is 0 Å². The predicted octanol–water partition coefficient (Wildman–Crippen LogP) is 4.04. The Balaban J connectivity index is 1.78. The molecular weight excluding hydrogens is 444 g/mol. The molecule has 1 amide bonds. The number of thioether (sulfide) groups is 1. The third-order valence-corrected chi connectivity index (χ3v) is 5.20. The molecule has 0 fully saturated rings. The molecule has 9 heteroatoms. The lowest BCUT2D eigenvalue weighted by Gasteiger charge is -2.10. The van der Waals surface area contributed by atoms with E-state index in [1.165, 1.54) is 17.8 Å². The monoisotopic (exact) mass is 460 g/mol. The van der Waals surface area contributed by atoms with Crippen LogP contribution in [0, 0.1) is 0 Å². The molecule has 3 rings (SSSR count). The molecule has 0 spiro atoms. The molecule has 0 unspecified atom stereocenters. The molecule has 0 saturated carbocycles. The van der Waals surface area contributed by atoms with Crippen molar-refractivity contribution in [1.82, 2.24) is 14.8 Å². The van der Waals surface area contributed by atoms with Gasteiger partial charge in [0.2, 0.25) is 5.91 Å². The van der Waals surface area contributed by atoms with Crippen LogP contribution in [0.5, 0.6) is 11.5 Å². The summed E-state index contributed by atoms with van der Waals surface area (Å²) in [7, 11) is 0. The fourth-order valence-electron chi connectivity index (χ4n) is 2.47. The van der Waals surface area contributed by atoms with Crippen molar-refractivity contribution >= 4 is 39.3 Å². The molecule has 1 aromatic heterocycles. The van der Waals surface area contributed by atoms with Crippen LogP contribution in [0.1, 0.15) is 0 Å². The van der Waals surface area contributed by atoms with E-state index in [9.17, 15) is 15.0 Å². The van der Waals surface area contributed by atoms with Gasteiger partial charge in [0.15, 0.2) is 11.0 Å². The number of allylic oxidation sites excluding steroid dienone is 1. The Hall–Kier alpha value is -2.78. The number of halogens is 1. The first-order chi connectivity index (χ1) is 13.5. The minimum Gasteiger partial charge on any atom is -0.507 e. The van der Waals surface area contributed by atoms with E-state index < -0.39 is 0 Å². The maximum Gasteiger partial charge on any atom is 0.234 e. The highest BCUT2D eigenvalue weighted by molar-refractivity contribution is 9.10. The van der Waals surface area contributed by atoms with Gasteiger partial charge in [0.1, 0.15) is 11.5 Å². The summed E-state index contributed by atoms with van der Waals surface area (Å²) in [5.74, 6) is 0.348. The Kier molecular flexibility index (Phi) is 6.37. The number of hydrogen-bond acceptors (Lipinski definition) is 6. The van der Waals surface area contributed by atoms with Crippen LogP contribution in [0.25, 0.3) is 11.4 Å². The minimum absolute atomic E-state index is 0.00286. The molecule has 144 valence electrons. The van der Waals surface area contributed by atoms with Crippen LogP contribution in [0.15, 0.2) is 64.7 Å². The molecule has 0 saturated heterocycles. The summed E-state index contributed by atoms with van der Waals surface area (Å²) >= 11 is 4.58. The summed E-state index contributed by atoms with van der Waals surface area (Å²) < 4.78 is 2.57. The maximum absolute atomic E-state index is 12.2. The number of phenolic OH excluding ortho intramolecular Hbond substituents is 2. The number of rotatable bonds is 7. The number of anilines is 1. The summed E-state index contributed by atoms with van der Waals surface area (Å²) in [6.45, 7) is 4.16. The highest BCUT2D eigenvalue weighted by Crippen LogP contribution is 2.33. The lowest BCUT2D eigenvalue weighted by molar-refractivity contribution is -0.113. The van der Waals surface area contributed by atoms with Crippen molar-refractivity contribution < 1.29 is 15.0 Å². The second-order valence-electron chi connectivity index (χ2n) is 5.72. The zero-order chi connectivity index (χ0) is 20.1. The number of carbonyl (C=O) groups excluding carboxylic acids is 1. The first-order valence-electron chi connectivity index (χ1n) is 8.23. The number of para-hydroxylation sites is 2. The Morgan fingerprint density at radius 2 is 2.00 bits per heavy atom. The van der Waals surface area contributed by atoms with Gasteiger partial charge in [-0.1, -0.05) is 45.9 Å². The van der Waals surface area contributed by atoms with Crippen molar-refractivity contribution in [2.24, 2.45) is 0 Å². The van der Waals surface area contributed by atoms with Crippen LogP contribution in [0.2, 0.25) is 0 Å². The van der Waals surface area contributed by atoms with Gasteiger partial charge in [0.25, 0.3) is 0 Å². The smallest absolute Gasteiger partial charge is 0.234 e. The van der Waals surface area contributed by atoms with Crippen molar-refractivity contribution in [2.45, 2.75) is 11.7 Å². The van der Waals surface area contributed by atoms with E-state index >= 15 is 0 Å². The summed E-state index contributed by atoms with van der Waals surface area (Å²) in [6, 6.07) is 11.6. The summed E-state index contributed by atoms with van der Waals surface area (Å²) in [5, 5.41) is 31.4. The molecule has 1 heterocycles. The van der Waals surface area contributed by atoms with E-state index in [-0.39, 0.29) is 23.2 Å². The quantitative estimate of drug-likeness (QED) is 0.279. The summed E-state index contributed by atoms with van der Waals surface area (Å²) in [6.07, 6.45) is 1.69. The number of aromatic hydroxyl groups is 2. The molecule has 0 radical (unpaired) electrons. The third-order valence-electron chi connectivity index (χ3n) is 3.74. The molecule has 7 nitrogen and oxygen atoms in total. The second kappa shape index (κ2) is 8.94. The molecule has 3 N–H and O–H groups in total. The van der Waals surface area contributed by atoms with Crippen molar-refractivity contribution in [3.8, 4) is 22.9 Å². The zero-order valence-electron chi connectivity index (χ0n) is 14.7. The van der Waals surface area contributed by atoms with Gasteiger partial charge in [-0.05, 0) is 30.3 Å². The van der Waals surface area contributed by atoms with Crippen molar-refractivity contribution in [2.75, 3.05) is 11.1 Å². The SMILES string of the molecule is C=CCn1c(SCC(=O)Nc2ccccc2O)nnc1-c1cc(Br)ccc1O. The van der Waals surface area contributed by atoms with Gasteiger partial charge in [0.05, 0.1) is 17.0 Å². The average Bonchev–Trinajstić information content (AvgIpc) is 3.07. The Bertz CT molecular complexity index is 1020. The molecule has 0 atom stereocenters. The standard InChI is InChI=1S/C19H17BrN4O3S/c1-2-9-24-18(13-10-12(20)7-8-15(13)25)22-23-19(24)28-11-17(27)21-14-5-3-4-6-16(14)26/h2-8,10,25-26H,1,9,11H2,(H,21,27). The van der Waals surface area contributed by atoms with Crippen molar-refractivity contribution in [3.05, 3.63) is 59.6 Å². The fraction of sp³-hybridized carbons (Fsp3) is 0.105. The third kappa shape index (κ3) is 4.55. The van der Waals surface area contributed by atoms with Crippen molar-refractivity contribution in [3.63, 3.8) is 0 Å². The molecule has 0 bridgehead atoms. The van der Waals surface area contributed by atoms with Crippen LogP contribution in [-0.2, 0) is 11.3 Å². The molecule has 0 aliphatic carbocycles. The van der Waals surface area contributed by atoms with Gasteiger partial charge in [-0.2, -0.15) is 0 Å². The minimum atomic E-state index is -0.286. The topological polar surface area (TPSA) is 100 Å². The normalized spacial score (nSPS) is 10.6. The second-order valence-corrected chi connectivity index (χ2v) is 7.58. The van der Waals surface area contributed by atoms with Gasteiger partial charge in [0, 0.05) is 11.0 Å². The maximum atomic E-state index is 12.2. The number of amides is 1. The number of aromatic nitrogens is 3. The first-order valence-corrected chi connectivity index (χ1v) is 10.0. The van der Waals surface area contributed by atoms with E-state index in [0.717, 1.165) is 4.47 Å². The van der Waals surface area contributed by atoms with Gasteiger partial charge < -0.3 is 15.5 Å².